The fourth-order valence-corrected chi connectivity index (χ4v) is 2.57. The van der Waals surface area contributed by atoms with E-state index in [1.54, 1.807) is 0 Å². The minimum absolute atomic E-state index is 0.481. The summed E-state index contributed by atoms with van der Waals surface area (Å²) in [5.74, 6) is 1.29. The van der Waals surface area contributed by atoms with Crippen LogP contribution in [0.3, 0.4) is 0 Å². The minimum atomic E-state index is 0.481. The third kappa shape index (κ3) is 3.03. The number of nitrogens with two attached hydrogens (primary N) is 1. The number of hydrogen-bond acceptors (Lipinski definition) is 2. The van der Waals surface area contributed by atoms with Gasteiger partial charge in [0.05, 0.1) is 11.4 Å². The molecule has 3 nitrogen and oxygen atoms in total. The number of rotatable bonds is 3. The molecule has 2 rings (SSSR count). The standard InChI is InChI=1S/C15H23N3/c1-18(2)14-11-7-6-10-13(14)17-15(16)12-8-4-3-5-9-12/h6-7,10-12H,3-5,8-9H2,1-2H3,(H2,16,17). The van der Waals surface area contributed by atoms with Crippen molar-refractivity contribution in [3.8, 4) is 0 Å². The van der Waals surface area contributed by atoms with Crippen LogP contribution in [0.5, 0.6) is 0 Å². The Kier molecular flexibility index (Phi) is 4.24. The highest BCUT2D eigenvalue weighted by molar-refractivity contribution is 5.87. The zero-order valence-corrected chi connectivity index (χ0v) is 11.4. The second-order valence-electron chi connectivity index (χ2n) is 5.25. The Morgan fingerprint density at radius 3 is 2.50 bits per heavy atom. The molecule has 0 unspecified atom stereocenters. The summed E-state index contributed by atoms with van der Waals surface area (Å²) < 4.78 is 0. The molecule has 0 atom stereocenters. The molecule has 2 N–H and O–H groups in total. The molecule has 0 aromatic heterocycles. The van der Waals surface area contributed by atoms with Crippen molar-refractivity contribution in [1.29, 1.82) is 0 Å². The molecule has 98 valence electrons. The van der Waals surface area contributed by atoms with Crippen molar-refractivity contribution in [2.24, 2.45) is 16.6 Å². The predicted molar refractivity (Wildman–Crippen MR) is 78.6 cm³/mol. The van der Waals surface area contributed by atoms with Crippen LogP contribution < -0.4 is 10.6 Å². The van der Waals surface area contributed by atoms with Crippen LogP contribution in [0, 0.1) is 5.92 Å². The SMILES string of the molecule is CN(C)c1ccccc1N=C(N)C1CCCCC1. The zero-order chi connectivity index (χ0) is 13.0. The number of benzene rings is 1. The molecule has 18 heavy (non-hydrogen) atoms. The van der Waals surface area contributed by atoms with Gasteiger partial charge in [0.1, 0.15) is 5.84 Å². The Hall–Kier alpha value is -1.51. The molecule has 3 heteroatoms. The average molecular weight is 245 g/mol. The van der Waals surface area contributed by atoms with Gasteiger partial charge >= 0.3 is 0 Å². The first kappa shape index (κ1) is 12.9. The molecular weight excluding hydrogens is 222 g/mol. The van der Waals surface area contributed by atoms with Crippen molar-refractivity contribution >= 4 is 17.2 Å². The smallest absolute Gasteiger partial charge is 0.103 e. The van der Waals surface area contributed by atoms with E-state index >= 15 is 0 Å². The van der Waals surface area contributed by atoms with E-state index in [9.17, 15) is 0 Å². The number of para-hydroxylation sites is 2. The van der Waals surface area contributed by atoms with E-state index < -0.39 is 0 Å². The molecule has 0 radical (unpaired) electrons. The highest BCUT2D eigenvalue weighted by atomic mass is 15.1. The van der Waals surface area contributed by atoms with Gasteiger partial charge in [0.2, 0.25) is 0 Å². The van der Waals surface area contributed by atoms with Gasteiger partial charge in [0, 0.05) is 20.0 Å². The molecule has 0 heterocycles. The average Bonchev–Trinajstić information content (AvgIpc) is 2.40. The number of amidine groups is 1. The van der Waals surface area contributed by atoms with E-state index in [0.717, 1.165) is 17.2 Å². The molecule has 1 aromatic rings. The first-order chi connectivity index (χ1) is 8.68. The topological polar surface area (TPSA) is 41.6 Å². The van der Waals surface area contributed by atoms with Gasteiger partial charge in [-0.25, -0.2) is 4.99 Å². The molecule has 0 saturated heterocycles. The lowest BCUT2D eigenvalue weighted by Gasteiger charge is -2.21. The molecule has 1 aromatic carbocycles. The Bertz CT molecular complexity index is 418. The van der Waals surface area contributed by atoms with E-state index in [4.69, 9.17) is 5.73 Å². The summed E-state index contributed by atoms with van der Waals surface area (Å²) in [4.78, 5) is 6.73. The lowest BCUT2D eigenvalue weighted by atomic mass is 9.88. The number of hydrogen-bond donors (Lipinski definition) is 1. The maximum absolute atomic E-state index is 6.18. The van der Waals surface area contributed by atoms with Crippen LogP contribution in [0.15, 0.2) is 29.3 Å². The third-order valence-electron chi connectivity index (χ3n) is 3.64. The van der Waals surface area contributed by atoms with E-state index in [-0.39, 0.29) is 0 Å². The van der Waals surface area contributed by atoms with Crippen LogP contribution in [0.4, 0.5) is 11.4 Å². The summed E-state index contributed by atoms with van der Waals surface area (Å²) in [5, 5.41) is 0. The van der Waals surface area contributed by atoms with Crippen LogP contribution in [0.1, 0.15) is 32.1 Å². The Morgan fingerprint density at radius 2 is 1.83 bits per heavy atom. The van der Waals surface area contributed by atoms with E-state index in [1.165, 1.54) is 32.1 Å². The first-order valence-corrected chi connectivity index (χ1v) is 6.79. The normalized spacial score (nSPS) is 17.8. The maximum atomic E-state index is 6.18. The van der Waals surface area contributed by atoms with Crippen molar-refractivity contribution in [3.63, 3.8) is 0 Å². The molecule has 0 spiro atoms. The summed E-state index contributed by atoms with van der Waals surface area (Å²) in [6.45, 7) is 0. The monoisotopic (exact) mass is 245 g/mol. The lowest BCUT2D eigenvalue weighted by molar-refractivity contribution is 0.437. The largest absolute Gasteiger partial charge is 0.387 e. The maximum Gasteiger partial charge on any atom is 0.103 e. The van der Waals surface area contributed by atoms with Gasteiger partial charge in [-0.3, -0.25) is 0 Å². The van der Waals surface area contributed by atoms with E-state index in [2.05, 4.69) is 16.0 Å². The molecule has 1 aliphatic carbocycles. The fourth-order valence-electron chi connectivity index (χ4n) is 2.57. The quantitative estimate of drug-likeness (QED) is 0.655. The van der Waals surface area contributed by atoms with Gasteiger partial charge in [-0.15, -0.1) is 0 Å². The summed E-state index contributed by atoms with van der Waals surface area (Å²) >= 11 is 0. The van der Waals surface area contributed by atoms with Crippen molar-refractivity contribution in [3.05, 3.63) is 24.3 Å². The Balaban J connectivity index is 2.20. The summed E-state index contributed by atoms with van der Waals surface area (Å²) in [6, 6.07) is 8.16. The zero-order valence-electron chi connectivity index (χ0n) is 11.4. The first-order valence-electron chi connectivity index (χ1n) is 6.79. The molecule has 0 bridgehead atoms. The van der Waals surface area contributed by atoms with Crippen molar-refractivity contribution in [2.75, 3.05) is 19.0 Å². The molecule has 0 aliphatic heterocycles. The highest BCUT2D eigenvalue weighted by Crippen LogP contribution is 2.29. The van der Waals surface area contributed by atoms with Gasteiger partial charge in [-0.2, -0.15) is 0 Å². The van der Waals surface area contributed by atoms with Crippen molar-refractivity contribution in [1.82, 2.24) is 0 Å². The molecule has 1 saturated carbocycles. The molecule has 1 aliphatic rings. The highest BCUT2D eigenvalue weighted by Gasteiger charge is 2.17. The van der Waals surface area contributed by atoms with Gasteiger partial charge in [0.25, 0.3) is 0 Å². The van der Waals surface area contributed by atoms with E-state index in [0.29, 0.717) is 5.92 Å². The number of aliphatic imine (C=N–C) groups is 1. The molecule has 0 amide bonds. The van der Waals surface area contributed by atoms with Crippen LogP contribution in [0.25, 0.3) is 0 Å². The fraction of sp³-hybridized carbons (Fsp3) is 0.533. The summed E-state index contributed by atoms with van der Waals surface area (Å²) in [7, 11) is 4.07. The van der Waals surface area contributed by atoms with Crippen LogP contribution in [-0.4, -0.2) is 19.9 Å². The summed E-state index contributed by atoms with van der Waals surface area (Å²) in [5.41, 5.74) is 8.28. The Labute approximate surface area is 110 Å². The second kappa shape index (κ2) is 5.89. The van der Waals surface area contributed by atoms with Gasteiger partial charge in [-0.05, 0) is 25.0 Å². The van der Waals surface area contributed by atoms with Gasteiger partial charge in [0.15, 0.2) is 0 Å². The predicted octanol–water partition coefficient (Wildman–Crippen LogP) is 3.32. The lowest BCUT2D eigenvalue weighted by Crippen LogP contribution is -2.25. The van der Waals surface area contributed by atoms with Gasteiger partial charge in [-0.1, -0.05) is 31.4 Å². The van der Waals surface area contributed by atoms with Gasteiger partial charge < -0.3 is 10.6 Å². The minimum Gasteiger partial charge on any atom is -0.387 e. The summed E-state index contributed by atoms with van der Waals surface area (Å²) in [6.07, 6.45) is 6.31. The number of anilines is 1. The number of nitrogens with zero attached hydrogens (tertiary/aromatic N) is 2. The van der Waals surface area contributed by atoms with Crippen molar-refractivity contribution < 1.29 is 0 Å². The van der Waals surface area contributed by atoms with Crippen LogP contribution in [-0.2, 0) is 0 Å². The van der Waals surface area contributed by atoms with Crippen LogP contribution >= 0.6 is 0 Å². The second-order valence-corrected chi connectivity index (χ2v) is 5.25. The molecule has 1 fully saturated rings. The Morgan fingerprint density at radius 1 is 1.17 bits per heavy atom. The third-order valence-corrected chi connectivity index (χ3v) is 3.64. The van der Waals surface area contributed by atoms with Crippen LogP contribution in [0.2, 0.25) is 0 Å². The van der Waals surface area contributed by atoms with Crippen molar-refractivity contribution in [2.45, 2.75) is 32.1 Å². The van der Waals surface area contributed by atoms with E-state index in [1.807, 2.05) is 32.3 Å². The molecular formula is C15H23N3.